The van der Waals surface area contributed by atoms with E-state index in [1.165, 1.54) is 74.3 Å². The summed E-state index contributed by atoms with van der Waals surface area (Å²) in [4.78, 5) is 7.12. The van der Waals surface area contributed by atoms with Crippen molar-refractivity contribution >= 4 is 16.9 Å². The van der Waals surface area contributed by atoms with Gasteiger partial charge in [-0.1, -0.05) is 164 Å². The van der Waals surface area contributed by atoms with Gasteiger partial charge in [-0.25, -0.2) is 0 Å². The third kappa shape index (κ3) is 9.39. The smallest absolute Gasteiger partial charge is 0.0595 e. The number of allylic oxidation sites excluding steroid dienone is 5. The molecule has 6 aromatic rings. The molecule has 266 valence electrons. The van der Waals surface area contributed by atoms with E-state index in [-0.39, 0.29) is 0 Å². The Morgan fingerprint density at radius 2 is 1.25 bits per heavy atom. The summed E-state index contributed by atoms with van der Waals surface area (Å²) in [5, 5.41) is 0. The Labute approximate surface area is 317 Å². The Hall–Kier alpha value is -5.73. The van der Waals surface area contributed by atoms with Gasteiger partial charge in [-0.15, -0.1) is 0 Å². The Balaban J connectivity index is 0.000000286. The highest BCUT2D eigenvalue weighted by Gasteiger charge is 2.33. The average Bonchev–Trinajstić information content (AvgIpc) is 3.52. The summed E-state index contributed by atoms with van der Waals surface area (Å²) in [5.41, 5.74) is 16.4. The topological polar surface area (TPSA) is 16.1 Å². The Kier molecular flexibility index (Phi) is 12.7. The van der Waals surface area contributed by atoms with Gasteiger partial charge in [-0.2, -0.15) is 0 Å². The van der Waals surface area contributed by atoms with Crippen molar-refractivity contribution < 1.29 is 0 Å². The largest absolute Gasteiger partial charge is 0.333 e. The van der Waals surface area contributed by atoms with Gasteiger partial charge >= 0.3 is 0 Å². The Morgan fingerprint density at radius 3 is 1.79 bits per heavy atom. The van der Waals surface area contributed by atoms with E-state index >= 15 is 0 Å². The molecule has 0 saturated carbocycles. The van der Waals surface area contributed by atoms with Crippen LogP contribution in [0.5, 0.6) is 0 Å². The van der Waals surface area contributed by atoms with E-state index < -0.39 is 0 Å². The number of hydrogen-bond donors (Lipinski definition) is 0. The number of aryl methyl sites for hydroxylation is 2. The Bertz CT molecular complexity index is 2170. The highest BCUT2D eigenvalue weighted by atomic mass is 15.2. The van der Waals surface area contributed by atoms with E-state index in [0.717, 1.165) is 24.0 Å². The highest BCUT2D eigenvalue weighted by molar-refractivity contribution is 5.92. The van der Waals surface area contributed by atoms with Crippen molar-refractivity contribution in [1.82, 2.24) is 4.98 Å². The zero-order chi connectivity index (χ0) is 37.0. The number of para-hydroxylation sites is 1. The molecule has 1 unspecified atom stereocenters. The van der Waals surface area contributed by atoms with Crippen molar-refractivity contribution in [3.8, 4) is 33.4 Å². The maximum atomic E-state index is 4.60. The van der Waals surface area contributed by atoms with Gasteiger partial charge in [-0.3, -0.25) is 4.98 Å². The Morgan fingerprint density at radius 1 is 0.623 bits per heavy atom. The molecule has 1 aromatic heterocycles. The van der Waals surface area contributed by atoms with Gasteiger partial charge in [0.25, 0.3) is 0 Å². The first-order valence-corrected chi connectivity index (χ1v) is 19.1. The molecule has 1 aliphatic carbocycles. The van der Waals surface area contributed by atoms with Gasteiger partial charge in [0.15, 0.2) is 0 Å². The van der Waals surface area contributed by atoms with Crippen LogP contribution in [-0.4, -0.2) is 11.0 Å². The molecule has 0 radical (unpaired) electrons. The molecule has 1 atom stereocenters. The van der Waals surface area contributed by atoms with Gasteiger partial charge in [0.2, 0.25) is 0 Å². The second-order valence-electron chi connectivity index (χ2n) is 14.0. The number of pyridine rings is 1. The van der Waals surface area contributed by atoms with Crippen LogP contribution < -0.4 is 4.90 Å². The monoisotopic (exact) mass is 692 g/mol. The lowest BCUT2D eigenvalue weighted by atomic mass is 9.98. The number of benzene rings is 5. The predicted octanol–water partition coefficient (Wildman–Crippen LogP) is 14.4. The van der Waals surface area contributed by atoms with Crippen molar-refractivity contribution in [1.29, 1.82) is 0 Å². The second-order valence-corrected chi connectivity index (χ2v) is 14.0. The lowest BCUT2D eigenvalue weighted by Crippen LogP contribution is -2.26. The summed E-state index contributed by atoms with van der Waals surface area (Å²) in [6, 6.07) is 48.1. The summed E-state index contributed by atoms with van der Waals surface area (Å²) in [6.45, 7) is 10.8. The van der Waals surface area contributed by atoms with Crippen LogP contribution in [0.2, 0.25) is 0 Å². The van der Waals surface area contributed by atoms with Crippen molar-refractivity contribution in [3.05, 3.63) is 192 Å². The van der Waals surface area contributed by atoms with Gasteiger partial charge in [-0.05, 0) is 99.0 Å². The number of anilines is 2. The third-order valence-corrected chi connectivity index (χ3v) is 9.93. The lowest BCUT2D eigenvalue weighted by Gasteiger charge is -2.28. The molecule has 0 amide bonds. The summed E-state index contributed by atoms with van der Waals surface area (Å²) in [6.07, 6.45) is 17.6. The maximum Gasteiger partial charge on any atom is 0.0595 e. The van der Waals surface area contributed by atoms with Gasteiger partial charge in [0, 0.05) is 40.5 Å². The van der Waals surface area contributed by atoms with Crippen molar-refractivity contribution in [2.24, 2.45) is 0 Å². The summed E-state index contributed by atoms with van der Waals surface area (Å²) >= 11 is 0. The SMILES string of the molecule is C/C=C1/c2ccccc2N(c2ccc(-c3cncc(-c4ccc(-c5cccc(C)c5)cc4)c3)cc2)C1CCC.CC1=CCCC=C1.Cc1ccccc1. The first-order valence-electron chi connectivity index (χ1n) is 19.1. The number of fused-ring (bicyclic) bond motifs is 1. The maximum absolute atomic E-state index is 4.60. The zero-order valence-corrected chi connectivity index (χ0v) is 32.0. The number of rotatable bonds is 6. The normalized spacial score (nSPS) is 15.1. The van der Waals surface area contributed by atoms with Crippen LogP contribution in [0.4, 0.5) is 11.4 Å². The molecule has 2 heteroatoms. The average molecular weight is 693 g/mol. The van der Waals surface area contributed by atoms with Crippen molar-refractivity contribution in [2.75, 3.05) is 4.90 Å². The van der Waals surface area contributed by atoms with Crippen LogP contribution >= 0.6 is 0 Å². The fraction of sp³-hybridized carbons (Fsp3) is 0.196. The zero-order valence-electron chi connectivity index (χ0n) is 32.0. The van der Waals surface area contributed by atoms with Crippen LogP contribution in [0.3, 0.4) is 0 Å². The molecule has 1 aliphatic heterocycles. The highest BCUT2D eigenvalue weighted by Crippen LogP contribution is 2.46. The molecule has 0 fully saturated rings. The van der Waals surface area contributed by atoms with Gasteiger partial charge in [0.05, 0.1) is 6.04 Å². The third-order valence-electron chi connectivity index (χ3n) is 9.93. The van der Waals surface area contributed by atoms with E-state index in [1.54, 1.807) is 0 Å². The molecule has 0 bridgehead atoms. The number of aromatic nitrogens is 1. The standard InChI is InChI=1S/C37H34N2.C7H10.C7H8/c1-4-9-36-34(5-2)35-12-6-7-13-37(35)39(36)33-20-18-29(19-21-33)32-23-31(24-38-25-32)28-16-14-27(15-17-28)30-11-8-10-26(3)22-30;2*1-7-5-3-2-4-6-7/h5-8,10-25,36H,4,9H2,1-3H3;3,5-6H,2,4H2,1H3;2-6H,1H3/b34-5-;;. The minimum atomic E-state index is 0.371. The predicted molar refractivity (Wildman–Crippen MR) is 230 cm³/mol. The van der Waals surface area contributed by atoms with Crippen LogP contribution in [0.15, 0.2) is 176 Å². The molecule has 8 rings (SSSR count). The molecule has 0 saturated heterocycles. The number of hydrogen-bond acceptors (Lipinski definition) is 2. The minimum Gasteiger partial charge on any atom is -0.333 e. The molecule has 2 aliphatic rings. The molecule has 5 aromatic carbocycles. The van der Waals surface area contributed by atoms with Crippen LogP contribution in [0, 0.1) is 13.8 Å². The van der Waals surface area contributed by atoms with E-state index in [0.29, 0.717) is 6.04 Å². The van der Waals surface area contributed by atoms with Crippen LogP contribution in [0.1, 0.15) is 63.1 Å². The second kappa shape index (κ2) is 18.2. The molecular formula is C51H52N2. The fourth-order valence-electron chi connectivity index (χ4n) is 7.17. The van der Waals surface area contributed by atoms with E-state index in [4.69, 9.17) is 0 Å². The van der Waals surface area contributed by atoms with Gasteiger partial charge in [0.1, 0.15) is 0 Å². The summed E-state index contributed by atoms with van der Waals surface area (Å²) < 4.78 is 0. The van der Waals surface area contributed by atoms with E-state index in [1.807, 2.05) is 30.6 Å². The van der Waals surface area contributed by atoms with Crippen molar-refractivity contribution in [2.45, 2.75) is 66.3 Å². The molecule has 2 heterocycles. The first-order chi connectivity index (χ1) is 25.9. The summed E-state index contributed by atoms with van der Waals surface area (Å²) in [7, 11) is 0. The fourth-order valence-corrected chi connectivity index (χ4v) is 7.17. The molecule has 0 spiro atoms. The van der Waals surface area contributed by atoms with E-state index in [9.17, 15) is 0 Å². The minimum absolute atomic E-state index is 0.371. The van der Waals surface area contributed by atoms with Crippen molar-refractivity contribution in [3.63, 3.8) is 0 Å². The molecule has 2 nitrogen and oxygen atoms in total. The van der Waals surface area contributed by atoms with E-state index in [2.05, 4.69) is 184 Å². The quantitative estimate of drug-likeness (QED) is 0.173. The van der Waals surface area contributed by atoms with Crippen LogP contribution in [-0.2, 0) is 0 Å². The molecule has 53 heavy (non-hydrogen) atoms. The molecule has 0 N–H and O–H groups in total. The first kappa shape index (κ1) is 37.0. The molecular weight excluding hydrogens is 641 g/mol. The lowest BCUT2D eigenvalue weighted by molar-refractivity contribution is 0.711. The van der Waals surface area contributed by atoms with Crippen LogP contribution in [0.25, 0.3) is 39.0 Å². The summed E-state index contributed by atoms with van der Waals surface area (Å²) in [5.74, 6) is 0. The van der Waals surface area contributed by atoms with Gasteiger partial charge < -0.3 is 4.90 Å². The number of nitrogens with zero attached hydrogens (tertiary/aromatic N) is 2.